The molecule has 9 nitrogen and oxygen atoms in total. The minimum Gasteiger partial charge on any atom is -0.465 e. The molecule has 7 rings (SSSR count). The Kier molecular flexibility index (Phi) is 13.0. The standard InChI is InChI=1S/C14H15F3N2O2S2.C12H11F3N2O3.C2H6.CH2I.V/c1-2-21-9(20)6-19-12-10(11(18-19)14(15,16)17)7-5-8(7)13(12)22-3-4-23-13;1-2-20-7(18)4-17-9-8(5-3-6(5)10(9)19)11(16-17)12(13,14)15;2*1-2;/h7-8H,2-6H2,1H3;5-6H,2-4H2,1H3;1-2H3;1H2;/q;;;-1;/t7-,8+;5-,6+;;;/m00.../s1/i;;1D;;. The minimum absolute atomic E-state index is 0. The first-order valence-electron chi connectivity index (χ1n) is 15.4. The van der Waals surface area contributed by atoms with Gasteiger partial charge in [-0.3, -0.25) is 24.0 Å². The van der Waals surface area contributed by atoms with Gasteiger partial charge in [0.25, 0.3) is 0 Å². The molecule has 0 bridgehead atoms. The van der Waals surface area contributed by atoms with Gasteiger partial charge in [0.05, 0.1) is 18.9 Å². The summed E-state index contributed by atoms with van der Waals surface area (Å²) in [6.07, 6.45) is -7.88. The Labute approximate surface area is 309 Å². The van der Waals surface area contributed by atoms with Crippen LogP contribution in [-0.4, -0.2) is 62.0 Å². The number of Topliss-reactive ketones (excluding diaryl/α,β-unsaturated/α-hetero) is 1. The number of hydrogen-bond donors (Lipinski definition) is 0. The Morgan fingerprint density at radius 3 is 1.90 bits per heavy atom. The van der Waals surface area contributed by atoms with Crippen molar-refractivity contribution in [2.24, 2.45) is 11.8 Å². The number of ether oxygens (including phenoxy) is 2. The number of alkyl halides is 6. The molecule has 19 heteroatoms. The molecule has 0 aromatic carbocycles. The SMILES string of the molecule is CCOC(=O)Cn1nc(C(F)(F)F)c2c1C(=O)[C@@H]1C[C@H]21.CCOC(=O)Cn1nc(C(F)(F)F)c2c1C1(SCCS1)[C@@H]1C[C@H]21.[2H]CC.[CH2-]I.[V]. The molecule has 1 saturated heterocycles. The molecule has 48 heavy (non-hydrogen) atoms. The fourth-order valence-corrected chi connectivity index (χ4v) is 10.2. The van der Waals surface area contributed by atoms with E-state index in [1.807, 2.05) is 22.6 Å². The van der Waals surface area contributed by atoms with E-state index in [0.717, 1.165) is 22.6 Å². The van der Waals surface area contributed by atoms with Crippen molar-refractivity contribution in [3.8, 4) is 0 Å². The number of nitrogens with zero attached hydrogens (tertiary/aromatic N) is 4. The number of thioether (sulfide) groups is 2. The van der Waals surface area contributed by atoms with E-state index in [-0.39, 0.29) is 83.1 Å². The molecule has 267 valence electrons. The average molecular weight is 876 g/mol. The van der Waals surface area contributed by atoms with E-state index < -0.39 is 42.2 Å². The van der Waals surface area contributed by atoms with Crippen LogP contribution in [-0.2, 0) is 67.1 Å². The van der Waals surface area contributed by atoms with Crippen LogP contribution in [0.3, 0.4) is 0 Å². The minimum atomic E-state index is -4.62. The van der Waals surface area contributed by atoms with Crippen molar-refractivity contribution in [3.05, 3.63) is 38.8 Å². The zero-order chi connectivity index (χ0) is 35.8. The van der Waals surface area contributed by atoms with Crippen molar-refractivity contribution < 1.29 is 70.1 Å². The number of fused-ring (bicyclic) bond motifs is 8. The van der Waals surface area contributed by atoms with Gasteiger partial charge in [-0.05, 0) is 44.4 Å². The molecular weight excluding hydrogens is 840 g/mol. The van der Waals surface area contributed by atoms with Gasteiger partial charge in [0.2, 0.25) is 0 Å². The second-order valence-electron chi connectivity index (χ2n) is 10.8. The molecule has 1 aliphatic heterocycles. The number of carbonyl (C=O) groups excluding carboxylic acids is 3. The fourth-order valence-electron chi connectivity index (χ4n) is 6.46. The zero-order valence-corrected chi connectivity index (χ0v) is 31.3. The van der Waals surface area contributed by atoms with Crippen LogP contribution in [0.1, 0.15) is 92.4 Å². The monoisotopic (exact) mass is 875 g/mol. The molecule has 1 spiro atoms. The third-order valence-electron chi connectivity index (χ3n) is 8.11. The number of ketones is 1. The fraction of sp³-hybridized carbons (Fsp3) is 0.655. The van der Waals surface area contributed by atoms with Gasteiger partial charge in [-0.2, -0.15) is 36.5 Å². The van der Waals surface area contributed by atoms with Crippen molar-refractivity contribution in [2.45, 2.75) is 81.9 Å². The molecule has 3 fully saturated rings. The maximum absolute atomic E-state index is 13.4. The van der Waals surface area contributed by atoms with Gasteiger partial charge in [0.15, 0.2) is 17.2 Å². The normalized spacial score (nSPS) is 23.3. The molecule has 5 aliphatic rings. The van der Waals surface area contributed by atoms with E-state index in [1.54, 1.807) is 44.3 Å². The van der Waals surface area contributed by atoms with Crippen molar-refractivity contribution in [2.75, 3.05) is 24.7 Å². The Hall–Kier alpha value is -1.38. The number of hydrogen-bond acceptors (Lipinski definition) is 9. The number of carbonyl (C=O) groups is 3. The summed E-state index contributed by atoms with van der Waals surface area (Å²) in [5.41, 5.74) is -1.05. The third-order valence-corrected chi connectivity index (χ3v) is 11.7. The molecule has 4 aliphatic carbocycles. The molecule has 0 N–H and O–H groups in total. The van der Waals surface area contributed by atoms with Gasteiger partial charge in [0, 0.05) is 48.5 Å². The van der Waals surface area contributed by atoms with Gasteiger partial charge < -0.3 is 32.1 Å². The third kappa shape index (κ3) is 7.61. The molecular formula is C29H34F6IN4O5S2V-. The first-order chi connectivity index (χ1) is 22.6. The summed E-state index contributed by atoms with van der Waals surface area (Å²) in [5.74, 6) is -0.341. The molecule has 0 amide bonds. The number of rotatable bonds is 6. The van der Waals surface area contributed by atoms with E-state index in [1.165, 1.54) is 4.68 Å². The number of halogens is 7. The van der Waals surface area contributed by atoms with Gasteiger partial charge in [-0.25, -0.2) is 4.68 Å². The van der Waals surface area contributed by atoms with Crippen LogP contribution in [0.25, 0.3) is 0 Å². The molecule has 0 unspecified atom stereocenters. The summed E-state index contributed by atoms with van der Waals surface area (Å²) < 4.78 is 96.6. The van der Waals surface area contributed by atoms with Crippen LogP contribution < -0.4 is 0 Å². The number of esters is 2. The first-order valence-corrected chi connectivity index (χ1v) is 18.2. The van der Waals surface area contributed by atoms with Crippen molar-refractivity contribution in [3.63, 3.8) is 0 Å². The quantitative estimate of drug-likeness (QED) is 0.129. The Morgan fingerprint density at radius 2 is 1.40 bits per heavy atom. The predicted molar refractivity (Wildman–Crippen MR) is 171 cm³/mol. The number of aromatic nitrogens is 4. The summed E-state index contributed by atoms with van der Waals surface area (Å²) >= 11 is 5.31. The summed E-state index contributed by atoms with van der Waals surface area (Å²) in [4.78, 5) is 38.4. The molecule has 2 aromatic rings. The smallest absolute Gasteiger partial charge is 0.435 e. The molecule has 4 atom stereocenters. The maximum atomic E-state index is 13.4. The van der Waals surface area contributed by atoms with Crippen LogP contribution in [0.5, 0.6) is 0 Å². The summed E-state index contributed by atoms with van der Waals surface area (Å²) in [6.45, 7) is 5.15. The molecule has 1 radical (unpaired) electrons. The van der Waals surface area contributed by atoms with Crippen molar-refractivity contribution in [1.29, 1.82) is 0 Å². The first kappa shape index (κ1) is 39.4. The van der Waals surface area contributed by atoms with Gasteiger partial charge >= 0.3 is 24.3 Å². The topological polar surface area (TPSA) is 105 Å². The van der Waals surface area contributed by atoms with E-state index in [4.69, 9.17) is 6.11 Å². The molecule has 2 aromatic heterocycles. The average Bonchev–Trinajstić information content (AvgIpc) is 3.73. The van der Waals surface area contributed by atoms with Crippen molar-refractivity contribution in [1.82, 2.24) is 19.6 Å². The van der Waals surface area contributed by atoms with Crippen LogP contribution in [0.4, 0.5) is 26.3 Å². The zero-order valence-electron chi connectivity index (χ0n) is 27.1. The summed E-state index contributed by atoms with van der Waals surface area (Å²) in [5, 5.41) is 7.21. The van der Waals surface area contributed by atoms with E-state index in [9.17, 15) is 40.7 Å². The Morgan fingerprint density at radius 1 is 0.917 bits per heavy atom. The van der Waals surface area contributed by atoms with Gasteiger partial charge in [-0.15, -0.1) is 23.5 Å². The summed E-state index contributed by atoms with van der Waals surface area (Å²) in [7, 11) is 0. The van der Waals surface area contributed by atoms with E-state index >= 15 is 0 Å². The second kappa shape index (κ2) is 15.9. The van der Waals surface area contributed by atoms with Crippen LogP contribution in [0.15, 0.2) is 0 Å². The molecule has 3 heterocycles. The van der Waals surface area contributed by atoms with E-state index in [2.05, 4.69) is 19.9 Å². The van der Waals surface area contributed by atoms with Gasteiger partial charge in [-0.1, -0.05) is 13.8 Å². The van der Waals surface area contributed by atoms with E-state index in [0.29, 0.717) is 24.6 Å². The molecule has 2 saturated carbocycles. The predicted octanol–water partition coefficient (Wildman–Crippen LogP) is 7.22. The largest absolute Gasteiger partial charge is 0.465 e. The van der Waals surface area contributed by atoms with Crippen LogP contribution in [0.2, 0.25) is 0 Å². The van der Waals surface area contributed by atoms with Crippen LogP contribution >= 0.6 is 46.1 Å². The van der Waals surface area contributed by atoms with Crippen molar-refractivity contribution >= 4 is 63.8 Å². The van der Waals surface area contributed by atoms with Crippen LogP contribution in [0, 0.1) is 16.8 Å². The Bertz CT molecular complexity index is 1540. The van der Waals surface area contributed by atoms with Gasteiger partial charge in [0.1, 0.15) is 22.9 Å². The summed E-state index contributed by atoms with van der Waals surface area (Å²) in [6, 6.07) is 0. The maximum Gasteiger partial charge on any atom is 0.435 e. The second-order valence-corrected chi connectivity index (χ2v) is 13.7. The Balaban J connectivity index is 0.000000232.